The lowest BCUT2D eigenvalue weighted by Gasteiger charge is -2.31. The Kier molecular flexibility index (Phi) is 5.06. The predicted molar refractivity (Wildman–Crippen MR) is 110 cm³/mol. The summed E-state index contributed by atoms with van der Waals surface area (Å²) in [5.74, 6) is 2.18. The molecule has 144 valence electrons. The van der Waals surface area contributed by atoms with E-state index in [4.69, 9.17) is 10.7 Å². The molecule has 2 N–H and O–H groups in total. The molecule has 0 radical (unpaired) electrons. The Balaban J connectivity index is 1.65. The molecule has 0 unspecified atom stereocenters. The SMILES string of the molecule is Cc1nc(S[C@H](C(N)=O)c2ccccc2)n([C@@H](C)[C@@H]2C[C@H]3CC[C@H]2C3)c1C. The van der Waals surface area contributed by atoms with Gasteiger partial charge in [0.1, 0.15) is 5.25 Å². The number of nitrogens with two attached hydrogens (primary N) is 1. The Morgan fingerprint density at radius 2 is 1.96 bits per heavy atom. The fraction of sp³-hybridized carbons (Fsp3) is 0.545. The van der Waals surface area contributed by atoms with Crippen molar-refractivity contribution >= 4 is 17.7 Å². The van der Waals surface area contributed by atoms with Crippen molar-refractivity contribution in [1.29, 1.82) is 0 Å². The zero-order chi connectivity index (χ0) is 19.1. The average Bonchev–Trinajstić information content (AvgIpc) is 3.35. The number of aryl methyl sites for hydroxylation is 1. The molecule has 2 aliphatic carbocycles. The summed E-state index contributed by atoms with van der Waals surface area (Å²) in [7, 11) is 0. The topological polar surface area (TPSA) is 60.9 Å². The number of carbonyl (C=O) groups is 1. The van der Waals surface area contributed by atoms with Gasteiger partial charge in [0.15, 0.2) is 5.16 Å². The highest BCUT2D eigenvalue weighted by Crippen LogP contribution is 2.53. The molecule has 0 spiro atoms. The molecule has 2 fully saturated rings. The van der Waals surface area contributed by atoms with Gasteiger partial charge >= 0.3 is 0 Å². The Labute approximate surface area is 165 Å². The van der Waals surface area contributed by atoms with E-state index in [1.807, 2.05) is 30.3 Å². The highest BCUT2D eigenvalue weighted by atomic mass is 32.2. The zero-order valence-corrected chi connectivity index (χ0v) is 17.2. The molecule has 2 saturated carbocycles. The van der Waals surface area contributed by atoms with Gasteiger partial charge in [-0.3, -0.25) is 4.79 Å². The first-order valence-corrected chi connectivity index (χ1v) is 10.9. The molecule has 1 aromatic heterocycles. The van der Waals surface area contributed by atoms with Crippen molar-refractivity contribution in [1.82, 2.24) is 9.55 Å². The number of carbonyl (C=O) groups excluding carboxylic acids is 1. The molecule has 5 atom stereocenters. The molecule has 4 rings (SSSR count). The van der Waals surface area contributed by atoms with Gasteiger partial charge in [0, 0.05) is 11.7 Å². The number of hydrogen-bond acceptors (Lipinski definition) is 3. The van der Waals surface area contributed by atoms with E-state index in [1.54, 1.807) is 0 Å². The van der Waals surface area contributed by atoms with Crippen molar-refractivity contribution in [2.45, 2.75) is 62.9 Å². The van der Waals surface area contributed by atoms with Gasteiger partial charge in [-0.05, 0) is 63.4 Å². The van der Waals surface area contributed by atoms with Gasteiger partial charge in [-0.2, -0.15) is 0 Å². The lowest BCUT2D eigenvalue weighted by molar-refractivity contribution is -0.117. The number of amides is 1. The van der Waals surface area contributed by atoms with Crippen molar-refractivity contribution in [2.75, 3.05) is 0 Å². The third kappa shape index (κ3) is 3.42. The quantitative estimate of drug-likeness (QED) is 0.728. The monoisotopic (exact) mass is 383 g/mol. The third-order valence-corrected chi connectivity index (χ3v) is 8.00. The lowest BCUT2D eigenvalue weighted by Crippen LogP contribution is -2.24. The van der Waals surface area contributed by atoms with Crippen molar-refractivity contribution in [3.05, 3.63) is 47.3 Å². The predicted octanol–water partition coefficient (Wildman–Crippen LogP) is 4.82. The molecule has 2 aromatic rings. The van der Waals surface area contributed by atoms with Crippen LogP contribution >= 0.6 is 11.8 Å². The van der Waals surface area contributed by atoms with Crippen LogP contribution in [0.5, 0.6) is 0 Å². The van der Waals surface area contributed by atoms with Crippen molar-refractivity contribution in [2.24, 2.45) is 23.5 Å². The summed E-state index contributed by atoms with van der Waals surface area (Å²) in [5.41, 5.74) is 8.96. The third-order valence-electron chi connectivity index (χ3n) is 6.76. The fourth-order valence-corrected chi connectivity index (χ4v) is 6.49. The minimum atomic E-state index is -0.418. The number of primary amides is 1. The van der Waals surface area contributed by atoms with Crippen LogP contribution in [0.1, 0.15) is 60.9 Å². The molecule has 27 heavy (non-hydrogen) atoms. The molecular weight excluding hydrogens is 354 g/mol. The van der Waals surface area contributed by atoms with E-state index in [1.165, 1.54) is 43.1 Å². The van der Waals surface area contributed by atoms with E-state index in [2.05, 4.69) is 25.3 Å². The van der Waals surface area contributed by atoms with E-state index < -0.39 is 5.25 Å². The second kappa shape index (κ2) is 7.34. The van der Waals surface area contributed by atoms with Crippen LogP contribution in [-0.2, 0) is 4.79 Å². The van der Waals surface area contributed by atoms with Gasteiger partial charge < -0.3 is 10.3 Å². The second-order valence-electron chi connectivity index (χ2n) is 8.33. The highest BCUT2D eigenvalue weighted by Gasteiger charge is 2.43. The van der Waals surface area contributed by atoms with E-state index in [0.717, 1.165) is 34.2 Å². The minimum absolute atomic E-state index is 0.316. The number of hydrogen-bond donors (Lipinski definition) is 1. The first kappa shape index (κ1) is 18.6. The van der Waals surface area contributed by atoms with Gasteiger partial charge in [-0.25, -0.2) is 4.98 Å². The average molecular weight is 384 g/mol. The van der Waals surface area contributed by atoms with Crippen LogP contribution in [0.3, 0.4) is 0 Å². The van der Waals surface area contributed by atoms with E-state index in [0.29, 0.717) is 6.04 Å². The maximum absolute atomic E-state index is 12.2. The Morgan fingerprint density at radius 3 is 2.56 bits per heavy atom. The maximum atomic E-state index is 12.2. The van der Waals surface area contributed by atoms with Crippen LogP contribution in [0.25, 0.3) is 0 Å². The number of rotatable bonds is 6. The molecule has 2 bridgehead atoms. The molecule has 1 aromatic carbocycles. The summed E-state index contributed by atoms with van der Waals surface area (Å²) < 4.78 is 2.38. The van der Waals surface area contributed by atoms with Crippen LogP contribution in [0.2, 0.25) is 0 Å². The van der Waals surface area contributed by atoms with Crippen LogP contribution in [0.15, 0.2) is 35.5 Å². The molecule has 2 aliphatic rings. The Bertz CT molecular complexity index is 832. The van der Waals surface area contributed by atoms with Crippen LogP contribution < -0.4 is 5.73 Å². The van der Waals surface area contributed by atoms with Crippen molar-refractivity contribution in [3.63, 3.8) is 0 Å². The normalized spacial score (nSPS) is 26.3. The Morgan fingerprint density at radius 1 is 1.22 bits per heavy atom. The maximum Gasteiger partial charge on any atom is 0.235 e. The molecule has 5 heteroatoms. The van der Waals surface area contributed by atoms with Crippen molar-refractivity contribution < 1.29 is 4.79 Å². The molecular formula is C22H29N3OS. The fourth-order valence-electron chi connectivity index (χ4n) is 5.26. The van der Waals surface area contributed by atoms with Gasteiger partial charge in [0.05, 0.1) is 5.69 Å². The number of benzene rings is 1. The van der Waals surface area contributed by atoms with Crippen LogP contribution in [-0.4, -0.2) is 15.5 Å². The van der Waals surface area contributed by atoms with Gasteiger partial charge in [0.25, 0.3) is 0 Å². The van der Waals surface area contributed by atoms with Crippen molar-refractivity contribution in [3.8, 4) is 0 Å². The largest absolute Gasteiger partial charge is 0.368 e. The summed E-state index contributed by atoms with van der Waals surface area (Å²) in [6.07, 6.45) is 5.53. The molecule has 1 heterocycles. The van der Waals surface area contributed by atoms with E-state index >= 15 is 0 Å². The summed E-state index contributed by atoms with van der Waals surface area (Å²) in [4.78, 5) is 17.0. The first-order chi connectivity index (χ1) is 13.0. The highest BCUT2D eigenvalue weighted by molar-refractivity contribution is 8.00. The molecule has 4 nitrogen and oxygen atoms in total. The smallest absolute Gasteiger partial charge is 0.235 e. The van der Waals surface area contributed by atoms with Gasteiger partial charge in [-0.1, -0.05) is 48.5 Å². The molecule has 1 amide bonds. The Hall–Kier alpha value is -1.75. The van der Waals surface area contributed by atoms with E-state index in [9.17, 15) is 4.79 Å². The zero-order valence-electron chi connectivity index (χ0n) is 16.4. The number of fused-ring (bicyclic) bond motifs is 2. The number of thioether (sulfide) groups is 1. The number of imidazole rings is 1. The van der Waals surface area contributed by atoms with Crippen LogP contribution in [0, 0.1) is 31.6 Å². The standard InChI is InChI=1S/C22H29N3OS/c1-13-14(2)25(15(3)19-12-16-9-10-18(19)11-16)22(24-13)27-20(21(23)26)17-7-5-4-6-8-17/h4-8,15-16,18-20H,9-12H2,1-3H3,(H2,23,26)/t15-,16-,18-,19-,20-/m0/s1. The number of nitrogens with zero attached hydrogens (tertiary/aromatic N) is 2. The molecule has 0 saturated heterocycles. The summed E-state index contributed by atoms with van der Waals surface area (Å²) in [6.45, 7) is 6.55. The van der Waals surface area contributed by atoms with Gasteiger partial charge in [-0.15, -0.1) is 0 Å². The van der Waals surface area contributed by atoms with Crippen LogP contribution in [0.4, 0.5) is 0 Å². The number of aromatic nitrogens is 2. The summed E-state index contributed by atoms with van der Waals surface area (Å²) >= 11 is 1.50. The van der Waals surface area contributed by atoms with E-state index in [-0.39, 0.29) is 5.91 Å². The summed E-state index contributed by atoms with van der Waals surface area (Å²) in [5, 5.41) is 0.506. The minimum Gasteiger partial charge on any atom is -0.368 e. The first-order valence-electron chi connectivity index (χ1n) is 10.0. The lowest BCUT2D eigenvalue weighted by atomic mass is 9.84. The second-order valence-corrected chi connectivity index (χ2v) is 9.40. The summed E-state index contributed by atoms with van der Waals surface area (Å²) in [6, 6.07) is 10.2. The van der Waals surface area contributed by atoms with Gasteiger partial charge in [0.2, 0.25) is 5.91 Å². The molecule has 0 aliphatic heterocycles.